The maximum Gasteiger partial charge on any atom is 0.416 e. The van der Waals surface area contributed by atoms with Crippen molar-refractivity contribution in [3.63, 3.8) is 0 Å². The number of nitriles is 1. The molecule has 0 N–H and O–H groups in total. The second-order valence-corrected chi connectivity index (χ2v) is 9.34. The van der Waals surface area contributed by atoms with Gasteiger partial charge in [-0.25, -0.2) is 0 Å². The number of ether oxygens (including phenoxy) is 1. The van der Waals surface area contributed by atoms with Crippen molar-refractivity contribution < 1.29 is 34.9 Å². The first-order valence-electron chi connectivity index (χ1n) is 11.8. The van der Waals surface area contributed by atoms with E-state index in [1.807, 2.05) is 34.9 Å². The molecule has 0 saturated carbocycles. The number of thioether (sulfide) groups is 1. The van der Waals surface area contributed by atoms with Crippen LogP contribution < -0.4 is 21.9 Å². The number of aromatic nitrogens is 3. The van der Waals surface area contributed by atoms with E-state index in [1.165, 1.54) is 17.8 Å². The normalized spacial score (nSPS) is 16.8. The summed E-state index contributed by atoms with van der Waals surface area (Å²) in [6, 6.07) is 16.9. The largest absolute Gasteiger partial charge is 1.00 e. The van der Waals surface area contributed by atoms with Crippen molar-refractivity contribution in [2.24, 2.45) is 0 Å². The maximum atomic E-state index is 13.4. The predicted octanol–water partition coefficient (Wildman–Crippen LogP) is 2.55. The van der Waals surface area contributed by atoms with Gasteiger partial charge in [-0.05, 0) is 29.8 Å². The molecule has 0 amide bonds. The minimum Gasteiger partial charge on any atom is -1.00 e. The fraction of sp³-hybridized carbons (Fsp3) is 0.222. The standard InChI is InChI=1S/C27H23F3N6OS.BrH/c1-2-11-35-23(19-7-6-8-20(16-19)27(28,29)30)18-38-25(35)22(17-31)24-32-33-26(34-12-14-37-15-13-34)36(24)21-9-4-3-5-10-21;/h2-10,16,18H,1,11-15H2;1H/p-1/b25-22-;. The van der Waals surface area contributed by atoms with E-state index in [2.05, 4.69) is 27.7 Å². The second-order valence-electron chi connectivity index (χ2n) is 8.48. The molecule has 0 radical (unpaired) electrons. The summed E-state index contributed by atoms with van der Waals surface area (Å²) >= 11 is 1.26. The Kier molecular flexibility index (Phi) is 8.84. The smallest absolute Gasteiger partial charge is 0.416 e. The van der Waals surface area contributed by atoms with E-state index in [9.17, 15) is 18.4 Å². The Labute approximate surface area is 238 Å². The molecule has 1 aromatic heterocycles. The number of allylic oxidation sites excluding steroid dienone is 1. The third kappa shape index (κ3) is 5.75. The average molecular weight is 616 g/mol. The number of hydrogen-bond donors (Lipinski definition) is 0. The zero-order chi connectivity index (χ0) is 26.7. The molecule has 12 heteroatoms. The minimum absolute atomic E-state index is 0. The molecule has 0 bridgehead atoms. The Bertz CT molecular complexity index is 1440. The molecular formula is C27H23BrF3N6OS-. The average Bonchev–Trinajstić information content (AvgIpc) is 3.55. The lowest BCUT2D eigenvalue weighted by Gasteiger charge is -2.28. The van der Waals surface area contributed by atoms with Gasteiger partial charge in [0.05, 0.1) is 30.2 Å². The van der Waals surface area contributed by atoms with Crippen LogP contribution in [0.15, 0.2) is 77.7 Å². The molecule has 0 aliphatic carbocycles. The molecule has 1 fully saturated rings. The Morgan fingerprint density at radius 2 is 1.85 bits per heavy atom. The molecule has 1 saturated heterocycles. The van der Waals surface area contributed by atoms with Gasteiger partial charge in [0.1, 0.15) is 16.7 Å². The number of morpholine rings is 1. The molecule has 5 rings (SSSR count). The third-order valence-corrected chi connectivity index (χ3v) is 7.11. The van der Waals surface area contributed by atoms with Crippen molar-refractivity contribution in [1.82, 2.24) is 19.7 Å². The lowest BCUT2D eigenvalue weighted by Crippen LogP contribution is -3.00. The molecule has 2 aliphatic heterocycles. The van der Waals surface area contributed by atoms with E-state index in [0.29, 0.717) is 54.4 Å². The highest BCUT2D eigenvalue weighted by molar-refractivity contribution is 8.06. The third-order valence-electron chi connectivity index (χ3n) is 6.12. The summed E-state index contributed by atoms with van der Waals surface area (Å²) in [5.74, 6) is 0.933. The van der Waals surface area contributed by atoms with Gasteiger partial charge < -0.3 is 31.5 Å². The van der Waals surface area contributed by atoms with Crippen LogP contribution in [0.5, 0.6) is 0 Å². The minimum atomic E-state index is -4.47. The van der Waals surface area contributed by atoms with E-state index in [0.717, 1.165) is 17.8 Å². The van der Waals surface area contributed by atoms with Crippen LogP contribution in [0.4, 0.5) is 19.1 Å². The zero-order valence-corrected chi connectivity index (χ0v) is 23.0. The van der Waals surface area contributed by atoms with Gasteiger partial charge in [0.2, 0.25) is 5.95 Å². The van der Waals surface area contributed by atoms with Gasteiger partial charge in [0.15, 0.2) is 5.82 Å². The zero-order valence-electron chi connectivity index (χ0n) is 20.6. The highest BCUT2D eigenvalue weighted by atomic mass is 79.9. The molecule has 7 nitrogen and oxygen atoms in total. The van der Waals surface area contributed by atoms with E-state index >= 15 is 0 Å². The van der Waals surface area contributed by atoms with Gasteiger partial charge >= 0.3 is 6.18 Å². The molecule has 2 aliphatic rings. The maximum absolute atomic E-state index is 13.4. The summed E-state index contributed by atoms with van der Waals surface area (Å²) in [5, 5.41) is 21.5. The van der Waals surface area contributed by atoms with Gasteiger partial charge in [0, 0.05) is 25.0 Å². The van der Waals surface area contributed by atoms with Gasteiger partial charge in [0.25, 0.3) is 0 Å². The molecule has 39 heavy (non-hydrogen) atoms. The van der Waals surface area contributed by atoms with Crippen molar-refractivity contribution in [1.29, 1.82) is 5.26 Å². The fourth-order valence-electron chi connectivity index (χ4n) is 4.35. The Morgan fingerprint density at radius 1 is 1.10 bits per heavy atom. The van der Waals surface area contributed by atoms with Crippen LogP contribution in [0.2, 0.25) is 0 Å². The highest BCUT2D eigenvalue weighted by Crippen LogP contribution is 2.44. The van der Waals surface area contributed by atoms with Crippen LogP contribution in [-0.2, 0) is 10.9 Å². The summed E-state index contributed by atoms with van der Waals surface area (Å²) in [5.41, 5.74) is 1.23. The van der Waals surface area contributed by atoms with Crippen LogP contribution in [0.1, 0.15) is 17.0 Å². The van der Waals surface area contributed by atoms with Crippen molar-refractivity contribution in [2.45, 2.75) is 6.18 Å². The van der Waals surface area contributed by atoms with E-state index in [4.69, 9.17) is 4.74 Å². The van der Waals surface area contributed by atoms with E-state index in [-0.39, 0.29) is 29.1 Å². The number of benzene rings is 2. The fourth-order valence-corrected chi connectivity index (χ4v) is 5.39. The number of anilines is 1. The second kappa shape index (κ2) is 12.1. The molecule has 0 unspecified atom stereocenters. The topological polar surface area (TPSA) is 70.2 Å². The SMILES string of the molecule is C=CCN1C(c2cccc(C(F)(F)F)c2)=CS/C1=C(/C#N)c1nnc(N2CCOCC2)n1-c1ccccc1.[Br-]. The van der Waals surface area contributed by atoms with Gasteiger partial charge in [-0.3, -0.25) is 4.57 Å². The lowest BCUT2D eigenvalue weighted by atomic mass is 10.1. The van der Waals surface area contributed by atoms with E-state index < -0.39 is 11.7 Å². The number of rotatable bonds is 6. The van der Waals surface area contributed by atoms with Crippen molar-refractivity contribution in [3.05, 3.63) is 94.6 Å². The van der Waals surface area contributed by atoms with E-state index in [1.54, 1.807) is 22.5 Å². The Hall–Kier alpha value is -3.53. The molecule has 202 valence electrons. The number of hydrogen-bond acceptors (Lipinski definition) is 7. The van der Waals surface area contributed by atoms with Crippen LogP contribution in [0.25, 0.3) is 17.0 Å². The summed E-state index contributed by atoms with van der Waals surface area (Å²) in [6.07, 6.45) is -2.83. The molecule has 3 aromatic rings. The molecular weight excluding hydrogens is 593 g/mol. The van der Waals surface area contributed by atoms with Crippen LogP contribution in [-0.4, -0.2) is 52.5 Å². The summed E-state index contributed by atoms with van der Waals surface area (Å²) < 4.78 is 47.5. The first-order valence-corrected chi connectivity index (χ1v) is 12.7. The number of halogens is 4. The molecule has 0 atom stereocenters. The monoisotopic (exact) mass is 615 g/mol. The summed E-state index contributed by atoms with van der Waals surface area (Å²) in [7, 11) is 0. The van der Waals surface area contributed by atoms with Crippen molar-refractivity contribution in [3.8, 4) is 11.8 Å². The van der Waals surface area contributed by atoms with Gasteiger partial charge in [-0.1, -0.05) is 48.2 Å². The number of para-hydroxylation sites is 1. The quantitative estimate of drug-likeness (QED) is 0.312. The first-order chi connectivity index (χ1) is 18.4. The molecule has 0 spiro atoms. The molecule has 3 heterocycles. The Balaban J connectivity index is 0.00000353. The first kappa shape index (κ1) is 28.5. The number of alkyl halides is 3. The Morgan fingerprint density at radius 3 is 2.51 bits per heavy atom. The van der Waals surface area contributed by atoms with Crippen LogP contribution in [0, 0.1) is 11.3 Å². The van der Waals surface area contributed by atoms with Crippen molar-refractivity contribution >= 4 is 29.0 Å². The van der Waals surface area contributed by atoms with Gasteiger partial charge in [-0.2, -0.15) is 18.4 Å². The lowest BCUT2D eigenvalue weighted by molar-refractivity contribution is -0.137. The van der Waals surface area contributed by atoms with Crippen molar-refractivity contribution in [2.75, 3.05) is 37.7 Å². The van der Waals surface area contributed by atoms with Gasteiger partial charge in [-0.15, -0.1) is 16.8 Å². The number of nitrogens with zero attached hydrogens (tertiary/aromatic N) is 6. The van der Waals surface area contributed by atoms with Crippen LogP contribution in [0.3, 0.4) is 0 Å². The predicted molar refractivity (Wildman–Crippen MR) is 141 cm³/mol. The summed E-state index contributed by atoms with van der Waals surface area (Å²) in [4.78, 5) is 3.84. The highest BCUT2D eigenvalue weighted by Gasteiger charge is 2.33. The van der Waals surface area contributed by atoms with Crippen LogP contribution >= 0.6 is 11.8 Å². The molecule has 2 aromatic carbocycles. The summed E-state index contributed by atoms with van der Waals surface area (Å²) in [6.45, 7) is 6.46.